The van der Waals surface area contributed by atoms with Crippen LogP contribution in [-0.4, -0.2) is 52.8 Å². The molecule has 3 atom stereocenters. The second-order valence-electron chi connectivity index (χ2n) is 12.3. The van der Waals surface area contributed by atoms with Crippen molar-refractivity contribution in [2.45, 2.75) is 64.8 Å². The van der Waals surface area contributed by atoms with Crippen molar-refractivity contribution in [3.63, 3.8) is 0 Å². The van der Waals surface area contributed by atoms with Gasteiger partial charge in [-0.15, -0.1) is 0 Å². The highest BCUT2D eigenvalue weighted by molar-refractivity contribution is 5.98. The molecule has 0 saturated carbocycles. The third-order valence-electron chi connectivity index (χ3n) is 8.19. The first-order chi connectivity index (χ1) is 21.1. The van der Waals surface area contributed by atoms with Gasteiger partial charge in [0.25, 0.3) is 0 Å². The van der Waals surface area contributed by atoms with Crippen molar-refractivity contribution in [2.24, 2.45) is 5.92 Å². The molecule has 44 heavy (non-hydrogen) atoms. The van der Waals surface area contributed by atoms with E-state index in [1.807, 2.05) is 75.4 Å². The lowest BCUT2D eigenvalue weighted by Gasteiger charge is -2.32. The molecule has 0 unspecified atom stereocenters. The molecular weight excluding hydrogens is 556 g/mol. The van der Waals surface area contributed by atoms with Crippen molar-refractivity contribution < 1.29 is 28.6 Å². The zero-order valence-corrected chi connectivity index (χ0v) is 26.0. The van der Waals surface area contributed by atoms with E-state index in [1.165, 1.54) is 11.7 Å². The third-order valence-corrected chi connectivity index (χ3v) is 8.19. The van der Waals surface area contributed by atoms with Crippen LogP contribution in [-0.2, 0) is 32.0 Å². The maximum atomic E-state index is 13.9. The Morgan fingerprint density at radius 3 is 2.30 bits per heavy atom. The van der Waals surface area contributed by atoms with Crippen molar-refractivity contribution in [3.8, 4) is 0 Å². The molecule has 8 nitrogen and oxygen atoms in total. The molecule has 1 saturated heterocycles. The van der Waals surface area contributed by atoms with Crippen LogP contribution in [0.2, 0.25) is 0 Å². The number of esters is 2. The summed E-state index contributed by atoms with van der Waals surface area (Å²) in [7, 11) is 1.32. The van der Waals surface area contributed by atoms with Gasteiger partial charge in [0, 0.05) is 17.6 Å². The van der Waals surface area contributed by atoms with Crippen LogP contribution in [0.5, 0.6) is 0 Å². The van der Waals surface area contributed by atoms with Gasteiger partial charge in [-0.05, 0) is 81.8 Å². The number of hydrogen-bond donors (Lipinski definition) is 0. The standard InChI is InChI=1S/C36H40N2O6/c1-24(26-14-10-7-11-15-26)37-19-18-27(32(37)34(40)43-23-25-12-8-6-9-13-25)20-29-22-38(35(41)44-36(2,3)4)31-21-28(33(39)42-5)16-17-30(29)31/h6-17,21-22,24,27,32H,18-20,23H2,1-5H3/t24-,27-,32-/m0/s1. The van der Waals surface area contributed by atoms with E-state index in [1.54, 1.807) is 18.3 Å². The first kappa shape index (κ1) is 31.0. The highest BCUT2D eigenvalue weighted by atomic mass is 16.6. The quantitative estimate of drug-likeness (QED) is 0.161. The topological polar surface area (TPSA) is 87.1 Å². The number of fused-ring (bicyclic) bond motifs is 1. The number of rotatable bonds is 8. The van der Waals surface area contributed by atoms with Gasteiger partial charge >= 0.3 is 18.0 Å². The Hall–Kier alpha value is -4.43. The molecule has 230 valence electrons. The van der Waals surface area contributed by atoms with Crippen molar-refractivity contribution in [2.75, 3.05) is 13.7 Å². The Morgan fingerprint density at radius 2 is 1.64 bits per heavy atom. The average molecular weight is 597 g/mol. The fourth-order valence-corrected chi connectivity index (χ4v) is 6.05. The molecule has 1 fully saturated rings. The minimum absolute atomic E-state index is 0.00111. The average Bonchev–Trinajstić information content (AvgIpc) is 3.60. The van der Waals surface area contributed by atoms with Gasteiger partial charge in [0.05, 0.1) is 18.2 Å². The SMILES string of the molecule is COC(=O)c1ccc2c(C[C@@H]3CCN([C@@H](C)c4ccccc4)[C@@H]3C(=O)OCc3ccccc3)cn(C(=O)OC(C)(C)C)c2c1. The minimum Gasteiger partial charge on any atom is -0.465 e. The summed E-state index contributed by atoms with van der Waals surface area (Å²) in [6.07, 6.45) is 2.55. The number of carbonyl (C=O) groups excluding carboxylic acids is 3. The number of ether oxygens (including phenoxy) is 3. The highest BCUT2D eigenvalue weighted by Gasteiger charge is 2.43. The van der Waals surface area contributed by atoms with E-state index < -0.39 is 23.7 Å². The van der Waals surface area contributed by atoms with Gasteiger partial charge in [0.2, 0.25) is 0 Å². The summed E-state index contributed by atoms with van der Waals surface area (Å²) in [5.74, 6) is -0.821. The molecule has 1 aliphatic rings. The lowest BCUT2D eigenvalue weighted by Crippen LogP contribution is -2.42. The van der Waals surface area contributed by atoms with Gasteiger partial charge < -0.3 is 14.2 Å². The molecule has 3 aromatic carbocycles. The number of benzene rings is 3. The fraction of sp³-hybridized carbons (Fsp3) is 0.361. The van der Waals surface area contributed by atoms with Crippen molar-refractivity contribution in [1.82, 2.24) is 9.47 Å². The zero-order chi connectivity index (χ0) is 31.4. The summed E-state index contributed by atoms with van der Waals surface area (Å²) in [6, 6.07) is 24.5. The normalized spacial score (nSPS) is 17.8. The van der Waals surface area contributed by atoms with Crippen LogP contribution in [0.15, 0.2) is 85.1 Å². The van der Waals surface area contributed by atoms with Crippen LogP contribution >= 0.6 is 0 Å². The maximum Gasteiger partial charge on any atom is 0.419 e. The van der Waals surface area contributed by atoms with Crippen molar-refractivity contribution in [1.29, 1.82) is 0 Å². The molecular formula is C36H40N2O6. The van der Waals surface area contributed by atoms with E-state index in [4.69, 9.17) is 14.2 Å². The Balaban J connectivity index is 1.49. The molecule has 5 rings (SSSR count). The Kier molecular flexibility index (Phi) is 9.20. The van der Waals surface area contributed by atoms with Crippen LogP contribution in [0.25, 0.3) is 10.9 Å². The molecule has 0 N–H and O–H groups in total. The van der Waals surface area contributed by atoms with Gasteiger partial charge in [-0.1, -0.05) is 66.7 Å². The molecule has 0 aliphatic carbocycles. The molecule has 0 bridgehead atoms. The summed E-state index contributed by atoms with van der Waals surface area (Å²) in [4.78, 5) is 41.7. The second-order valence-corrected chi connectivity index (χ2v) is 12.3. The van der Waals surface area contributed by atoms with E-state index in [9.17, 15) is 14.4 Å². The summed E-state index contributed by atoms with van der Waals surface area (Å²) in [6.45, 7) is 8.48. The summed E-state index contributed by atoms with van der Waals surface area (Å²) in [5.41, 5.74) is 3.13. The van der Waals surface area contributed by atoms with Crippen molar-refractivity contribution >= 4 is 28.9 Å². The molecule has 1 aromatic heterocycles. The summed E-state index contributed by atoms with van der Waals surface area (Å²) >= 11 is 0. The fourth-order valence-electron chi connectivity index (χ4n) is 6.05. The van der Waals surface area contributed by atoms with Gasteiger partial charge in [-0.2, -0.15) is 0 Å². The number of nitrogens with zero attached hydrogens (tertiary/aromatic N) is 2. The van der Waals surface area contributed by atoms with Gasteiger partial charge in [0.15, 0.2) is 0 Å². The van der Waals surface area contributed by atoms with Crippen LogP contribution < -0.4 is 0 Å². The number of hydrogen-bond acceptors (Lipinski definition) is 7. The summed E-state index contributed by atoms with van der Waals surface area (Å²) in [5, 5.41) is 0.814. The second kappa shape index (κ2) is 13.1. The van der Waals surface area contributed by atoms with Gasteiger partial charge in [0.1, 0.15) is 18.2 Å². The molecule has 0 radical (unpaired) electrons. The van der Waals surface area contributed by atoms with E-state index >= 15 is 0 Å². The molecule has 1 aliphatic heterocycles. The molecule has 0 amide bonds. The van der Waals surface area contributed by atoms with E-state index in [0.29, 0.717) is 17.5 Å². The van der Waals surface area contributed by atoms with Gasteiger partial charge in [-0.25, -0.2) is 9.59 Å². The monoisotopic (exact) mass is 596 g/mol. The molecule has 4 aromatic rings. The molecule has 2 heterocycles. The lowest BCUT2D eigenvalue weighted by atomic mass is 9.91. The van der Waals surface area contributed by atoms with Gasteiger partial charge in [-0.3, -0.25) is 14.3 Å². The number of carbonyl (C=O) groups is 3. The van der Waals surface area contributed by atoms with Crippen molar-refractivity contribution in [3.05, 3.63) is 107 Å². The number of aromatic nitrogens is 1. The van der Waals surface area contributed by atoms with E-state index in [2.05, 4.69) is 24.0 Å². The summed E-state index contributed by atoms with van der Waals surface area (Å²) < 4.78 is 18.0. The Morgan fingerprint density at radius 1 is 0.955 bits per heavy atom. The van der Waals surface area contributed by atoms with Crippen LogP contribution in [0.1, 0.15) is 67.2 Å². The Labute approximate surface area is 258 Å². The Bertz CT molecular complexity index is 1620. The highest BCUT2D eigenvalue weighted by Crippen LogP contribution is 2.37. The first-order valence-corrected chi connectivity index (χ1v) is 15.0. The number of methoxy groups -OCH3 is 1. The predicted octanol–water partition coefficient (Wildman–Crippen LogP) is 6.95. The minimum atomic E-state index is -0.707. The molecule has 0 spiro atoms. The first-order valence-electron chi connectivity index (χ1n) is 15.0. The molecule has 8 heteroatoms. The van der Waals surface area contributed by atoms with Crippen LogP contribution in [0.4, 0.5) is 4.79 Å². The van der Waals surface area contributed by atoms with E-state index in [0.717, 1.165) is 35.0 Å². The van der Waals surface area contributed by atoms with E-state index in [-0.39, 0.29) is 24.5 Å². The van der Waals surface area contributed by atoms with Crippen LogP contribution in [0, 0.1) is 5.92 Å². The zero-order valence-electron chi connectivity index (χ0n) is 26.0. The lowest BCUT2D eigenvalue weighted by molar-refractivity contribution is -0.152. The maximum absolute atomic E-state index is 13.9. The van der Waals surface area contributed by atoms with Crippen LogP contribution in [0.3, 0.4) is 0 Å². The third kappa shape index (κ3) is 6.86. The largest absolute Gasteiger partial charge is 0.465 e. The predicted molar refractivity (Wildman–Crippen MR) is 168 cm³/mol. The number of likely N-dealkylation sites (tertiary alicyclic amines) is 1. The smallest absolute Gasteiger partial charge is 0.419 e.